The topological polar surface area (TPSA) is 70.7 Å². The Kier molecular flexibility index (Phi) is 2.29. The summed E-state index contributed by atoms with van der Waals surface area (Å²) in [5, 5.41) is 14.3. The van der Waals surface area contributed by atoms with E-state index in [1.807, 2.05) is 18.0 Å². The highest BCUT2D eigenvalue weighted by Crippen LogP contribution is 2.29. The Bertz CT molecular complexity index is 544. The minimum absolute atomic E-state index is 0.438. The summed E-state index contributed by atoms with van der Waals surface area (Å²) in [5.41, 5.74) is 0.923. The van der Waals surface area contributed by atoms with Crippen molar-refractivity contribution in [1.29, 1.82) is 0 Å². The molecule has 0 amide bonds. The fourth-order valence-electron chi connectivity index (χ4n) is 2.17. The third kappa shape index (κ3) is 1.66. The van der Waals surface area contributed by atoms with Crippen LogP contribution in [-0.4, -0.2) is 38.3 Å². The molecule has 3 heterocycles. The van der Waals surface area contributed by atoms with Gasteiger partial charge in [0, 0.05) is 6.54 Å². The van der Waals surface area contributed by atoms with Gasteiger partial charge >= 0.3 is 5.97 Å². The smallest absolute Gasteiger partial charge is 0.326 e. The van der Waals surface area contributed by atoms with Gasteiger partial charge in [0.25, 0.3) is 0 Å². The molecule has 1 fully saturated rings. The summed E-state index contributed by atoms with van der Waals surface area (Å²) in [6.45, 7) is 2.67. The Balaban J connectivity index is 1.97. The van der Waals surface area contributed by atoms with Crippen LogP contribution in [0.2, 0.25) is 0 Å². The Morgan fingerprint density at radius 2 is 2.47 bits per heavy atom. The van der Waals surface area contributed by atoms with Crippen molar-refractivity contribution in [3.63, 3.8) is 0 Å². The van der Waals surface area contributed by atoms with E-state index >= 15 is 0 Å². The van der Waals surface area contributed by atoms with E-state index in [1.165, 1.54) is 11.3 Å². The first-order chi connectivity index (χ1) is 8.15. The van der Waals surface area contributed by atoms with Crippen LogP contribution in [0, 0.1) is 6.92 Å². The molecular weight excluding hydrogens is 240 g/mol. The number of carbonyl (C=O) groups is 1. The molecule has 1 aliphatic heterocycles. The highest BCUT2D eigenvalue weighted by atomic mass is 32.1. The van der Waals surface area contributed by atoms with E-state index in [0.29, 0.717) is 6.42 Å². The molecule has 17 heavy (non-hydrogen) atoms. The summed E-state index contributed by atoms with van der Waals surface area (Å²) >= 11 is 1.44. The molecule has 6 nitrogen and oxygen atoms in total. The Morgan fingerprint density at radius 3 is 3.18 bits per heavy atom. The average Bonchev–Trinajstić information content (AvgIpc) is 2.87. The summed E-state index contributed by atoms with van der Waals surface area (Å²) in [6.07, 6.45) is 3.44. The number of carboxylic acid groups (broad SMARTS) is 1. The Labute approximate surface area is 101 Å². The number of anilines is 1. The van der Waals surface area contributed by atoms with E-state index in [4.69, 9.17) is 5.11 Å². The predicted octanol–water partition coefficient (Wildman–Crippen LogP) is 1.15. The zero-order valence-electron chi connectivity index (χ0n) is 9.33. The first kappa shape index (κ1) is 10.5. The van der Waals surface area contributed by atoms with Crippen molar-refractivity contribution in [2.75, 3.05) is 11.4 Å². The van der Waals surface area contributed by atoms with Gasteiger partial charge in [0.1, 0.15) is 6.04 Å². The molecule has 0 aliphatic carbocycles. The Morgan fingerprint density at radius 1 is 1.65 bits per heavy atom. The van der Waals surface area contributed by atoms with Crippen molar-refractivity contribution < 1.29 is 9.90 Å². The van der Waals surface area contributed by atoms with E-state index in [-0.39, 0.29) is 0 Å². The third-order valence-corrected chi connectivity index (χ3v) is 3.90. The molecule has 2 aromatic rings. The van der Waals surface area contributed by atoms with Crippen molar-refractivity contribution in [3.8, 4) is 0 Å². The molecule has 2 aromatic heterocycles. The number of aliphatic carboxylic acids is 1. The fraction of sp³-hybridized carbons (Fsp3) is 0.500. The van der Waals surface area contributed by atoms with Crippen LogP contribution in [0.15, 0.2) is 6.20 Å². The van der Waals surface area contributed by atoms with Gasteiger partial charge in [-0.15, -0.1) is 5.10 Å². The minimum atomic E-state index is -0.772. The molecule has 1 N–H and O–H groups in total. The highest BCUT2D eigenvalue weighted by Gasteiger charge is 2.32. The quantitative estimate of drug-likeness (QED) is 0.868. The van der Waals surface area contributed by atoms with E-state index < -0.39 is 12.0 Å². The van der Waals surface area contributed by atoms with E-state index in [2.05, 4.69) is 10.1 Å². The summed E-state index contributed by atoms with van der Waals surface area (Å²) in [5.74, 6) is -0.772. The second-order valence-electron chi connectivity index (χ2n) is 4.18. The van der Waals surface area contributed by atoms with Crippen molar-refractivity contribution in [2.45, 2.75) is 25.8 Å². The lowest BCUT2D eigenvalue weighted by atomic mass is 10.2. The molecule has 1 saturated heterocycles. The molecule has 0 bridgehead atoms. The lowest BCUT2D eigenvalue weighted by Gasteiger charge is -2.19. The summed E-state index contributed by atoms with van der Waals surface area (Å²) in [7, 11) is 0. The summed E-state index contributed by atoms with van der Waals surface area (Å²) in [4.78, 5) is 18.1. The first-order valence-corrected chi connectivity index (χ1v) is 6.29. The van der Waals surface area contributed by atoms with Crippen LogP contribution in [0.3, 0.4) is 0 Å². The second kappa shape index (κ2) is 3.69. The molecule has 0 spiro atoms. The van der Waals surface area contributed by atoms with Gasteiger partial charge in [0.15, 0.2) is 0 Å². The van der Waals surface area contributed by atoms with Crippen LogP contribution in [0.25, 0.3) is 4.96 Å². The van der Waals surface area contributed by atoms with Gasteiger partial charge in [-0.3, -0.25) is 0 Å². The molecule has 0 radical (unpaired) electrons. The monoisotopic (exact) mass is 252 g/mol. The normalized spacial score (nSPS) is 20.3. The summed E-state index contributed by atoms with van der Waals surface area (Å²) < 4.78 is 1.71. The third-order valence-electron chi connectivity index (χ3n) is 2.94. The van der Waals surface area contributed by atoms with Crippen LogP contribution in [0.5, 0.6) is 0 Å². The molecule has 1 atom stereocenters. The predicted molar refractivity (Wildman–Crippen MR) is 63.6 cm³/mol. The molecule has 0 aromatic carbocycles. The number of hydrogen-bond donors (Lipinski definition) is 1. The van der Waals surface area contributed by atoms with E-state index in [0.717, 1.165) is 28.8 Å². The SMILES string of the molecule is Cc1cn2nc(N3CCC[C@@H]3C(=O)O)sc2n1. The number of fused-ring (bicyclic) bond motifs is 1. The molecule has 7 heteroatoms. The average molecular weight is 252 g/mol. The summed E-state index contributed by atoms with van der Waals surface area (Å²) in [6, 6.07) is -0.438. The van der Waals surface area contributed by atoms with Gasteiger partial charge in [0.05, 0.1) is 11.9 Å². The molecular formula is C10H12N4O2S. The van der Waals surface area contributed by atoms with E-state index in [1.54, 1.807) is 4.52 Å². The largest absolute Gasteiger partial charge is 0.480 e. The molecule has 90 valence electrons. The number of aryl methyl sites for hydroxylation is 1. The highest BCUT2D eigenvalue weighted by molar-refractivity contribution is 7.20. The number of nitrogens with zero attached hydrogens (tertiary/aromatic N) is 4. The minimum Gasteiger partial charge on any atom is -0.480 e. The van der Waals surface area contributed by atoms with Crippen molar-refractivity contribution in [2.24, 2.45) is 0 Å². The number of rotatable bonds is 2. The lowest BCUT2D eigenvalue weighted by molar-refractivity contribution is -0.138. The zero-order chi connectivity index (χ0) is 12.0. The maximum Gasteiger partial charge on any atom is 0.326 e. The Hall–Kier alpha value is -1.63. The van der Waals surface area contributed by atoms with Crippen LogP contribution in [0.1, 0.15) is 18.5 Å². The second-order valence-corrected chi connectivity index (χ2v) is 5.12. The van der Waals surface area contributed by atoms with Crippen LogP contribution in [-0.2, 0) is 4.79 Å². The number of hydrogen-bond acceptors (Lipinski definition) is 5. The maximum absolute atomic E-state index is 11.1. The van der Waals surface area contributed by atoms with Crippen molar-refractivity contribution >= 4 is 27.4 Å². The van der Waals surface area contributed by atoms with Crippen LogP contribution < -0.4 is 4.90 Å². The molecule has 0 saturated carbocycles. The van der Waals surface area contributed by atoms with Crippen molar-refractivity contribution in [3.05, 3.63) is 11.9 Å². The lowest BCUT2D eigenvalue weighted by Crippen LogP contribution is -2.35. The van der Waals surface area contributed by atoms with Crippen LogP contribution in [0.4, 0.5) is 5.13 Å². The van der Waals surface area contributed by atoms with Crippen molar-refractivity contribution in [1.82, 2.24) is 14.6 Å². The standard InChI is InChI=1S/C10H12N4O2S/c1-6-5-14-9(11-6)17-10(12-14)13-4-2-3-7(13)8(15)16/h5,7H,2-4H2,1H3,(H,15,16)/t7-/m1/s1. The number of imidazole rings is 1. The zero-order valence-corrected chi connectivity index (χ0v) is 10.1. The molecule has 3 rings (SSSR count). The fourth-order valence-corrected chi connectivity index (χ4v) is 3.17. The van der Waals surface area contributed by atoms with Gasteiger partial charge in [-0.1, -0.05) is 11.3 Å². The molecule has 0 unspecified atom stereocenters. The maximum atomic E-state index is 11.1. The van der Waals surface area contributed by atoms with Gasteiger partial charge < -0.3 is 10.0 Å². The van der Waals surface area contributed by atoms with Crippen LogP contribution >= 0.6 is 11.3 Å². The first-order valence-electron chi connectivity index (χ1n) is 5.47. The number of carboxylic acids is 1. The molecule has 1 aliphatic rings. The van der Waals surface area contributed by atoms with Gasteiger partial charge in [-0.05, 0) is 19.8 Å². The van der Waals surface area contributed by atoms with Gasteiger partial charge in [-0.25, -0.2) is 14.3 Å². The number of aromatic nitrogens is 3. The van der Waals surface area contributed by atoms with E-state index in [9.17, 15) is 4.79 Å². The van der Waals surface area contributed by atoms with Gasteiger partial charge in [-0.2, -0.15) is 0 Å². The van der Waals surface area contributed by atoms with Gasteiger partial charge in [0.2, 0.25) is 10.1 Å².